The van der Waals surface area contributed by atoms with Crippen molar-refractivity contribution in [1.29, 1.82) is 0 Å². The van der Waals surface area contributed by atoms with Crippen LogP contribution >= 0.6 is 11.6 Å². The van der Waals surface area contributed by atoms with E-state index < -0.39 is 23.0 Å². The van der Waals surface area contributed by atoms with Gasteiger partial charge in [0.2, 0.25) is 0 Å². The highest BCUT2D eigenvalue weighted by atomic mass is 35.5. The maximum atomic E-state index is 12.0. The number of hydrogen-bond donors (Lipinski definition) is 3. The Labute approximate surface area is 174 Å². The van der Waals surface area contributed by atoms with E-state index >= 15 is 0 Å². The third kappa shape index (κ3) is 4.34. The van der Waals surface area contributed by atoms with E-state index in [2.05, 4.69) is 0 Å². The number of nitrogens with zero attached hydrogens (tertiary/aromatic N) is 1. The van der Waals surface area contributed by atoms with Crippen LogP contribution in [0.2, 0.25) is 5.02 Å². The second-order valence-corrected chi connectivity index (χ2v) is 7.19. The Hall–Kier alpha value is -3.07. The summed E-state index contributed by atoms with van der Waals surface area (Å²) < 4.78 is 28.3. The summed E-state index contributed by atoms with van der Waals surface area (Å²) in [5.41, 5.74) is 1.55. The van der Waals surface area contributed by atoms with Crippen LogP contribution < -0.4 is 9.04 Å². The van der Waals surface area contributed by atoms with Crippen LogP contribution in [0.1, 0.15) is 10.4 Å². The molecule has 1 atom stereocenters. The van der Waals surface area contributed by atoms with E-state index in [0.29, 0.717) is 27.6 Å². The standard InChI is InChI=1S/C20H16ClNO6S/c1-28-19-8-5-13(21)10-17(19)12-3-2-4-14(9-12)22(29(26)27)15-6-7-16(20(24)25)18(23)11-15/h2-11,23H,1H3,(H,24,25)(H,26,27). The molecule has 0 saturated carbocycles. The number of carbonyl (C=O) groups is 1. The van der Waals surface area contributed by atoms with Crippen LogP contribution in [0.4, 0.5) is 11.4 Å². The average Bonchev–Trinajstić information content (AvgIpc) is 2.68. The fourth-order valence-corrected chi connectivity index (χ4v) is 3.62. The van der Waals surface area contributed by atoms with Crippen molar-refractivity contribution in [3.63, 3.8) is 0 Å². The Bertz CT molecular complexity index is 1100. The quantitative estimate of drug-likeness (QED) is 0.486. The van der Waals surface area contributed by atoms with Crippen molar-refractivity contribution in [3.05, 3.63) is 71.2 Å². The fourth-order valence-electron chi connectivity index (χ4n) is 2.86. The van der Waals surface area contributed by atoms with Crippen LogP contribution in [-0.2, 0) is 11.3 Å². The number of methoxy groups -OCH3 is 1. The fraction of sp³-hybridized carbons (Fsp3) is 0.0500. The number of aromatic carboxylic acids is 1. The number of ether oxygens (including phenoxy) is 1. The number of benzene rings is 3. The lowest BCUT2D eigenvalue weighted by Crippen LogP contribution is -2.19. The molecule has 9 heteroatoms. The molecular formula is C20H16ClNO6S. The van der Waals surface area contributed by atoms with Gasteiger partial charge in [0.25, 0.3) is 11.3 Å². The largest absolute Gasteiger partial charge is 0.507 e. The summed E-state index contributed by atoms with van der Waals surface area (Å²) in [7, 11) is 1.53. The molecule has 3 aromatic rings. The molecule has 0 aliphatic heterocycles. The minimum Gasteiger partial charge on any atom is -0.507 e. The molecule has 0 heterocycles. The number of phenols is 1. The van der Waals surface area contributed by atoms with E-state index in [0.717, 1.165) is 16.4 Å². The van der Waals surface area contributed by atoms with Gasteiger partial charge in [-0.15, -0.1) is 0 Å². The molecule has 7 nitrogen and oxygen atoms in total. The first-order chi connectivity index (χ1) is 13.8. The Balaban J connectivity index is 2.10. The van der Waals surface area contributed by atoms with Gasteiger partial charge in [0, 0.05) is 16.7 Å². The summed E-state index contributed by atoms with van der Waals surface area (Å²) in [6.07, 6.45) is 0. The topological polar surface area (TPSA) is 107 Å². The van der Waals surface area contributed by atoms with Crippen molar-refractivity contribution in [2.24, 2.45) is 0 Å². The molecule has 0 radical (unpaired) electrons. The van der Waals surface area contributed by atoms with Crippen molar-refractivity contribution in [2.75, 3.05) is 11.4 Å². The normalized spacial score (nSPS) is 11.7. The van der Waals surface area contributed by atoms with Gasteiger partial charge in [0.15, 0.2) is 0 Å². The molecular weight excluding hydrogens is 418 g/mol. The highest BCUT2D eigenvalue weighted by Crippen LogP contribution is 2.37. The lowest BCUT2D eigenvalue weighted by Gasteiger charge is -2.21. The van der Waals surface area contributed by atoms with Crippen LogP contribution in [0.25, 0.3) is 11.1 Å². The molecule has 0 aliphatic carbocycles. The second kappa shape index (κ2) is 8.52. The lowest BCUT2D eigenvalue weighted by molar-refractivity contribution is 0.0694. The number of carboxylic acids is 1. The molecule has 0 aliphatic rings. The van der Waals surface area contributed by atoms with Crippen LogP contribution in [0.5, 0.6) is 11.5 Å². The second-order valence-electron chi connectivity index (χ2n) is 5.93. The number of halogens is 1. The number of carboxylic acid groups (broad SMARTS) is 1. The zero-order valence-electron chi connectivity index (χ0n) is 15.1. The maximum Gasteiger partial charge on any atom is 0.339 e. The Morgan fingerprint density at radius 1 is 1.07 bits per heavy atom. The number of rotatable bonds is 6. The van der Waals surface area contributed by atoms with Gasteiger partial charge < -0.3 is 14.9 Å². The molecule has 1 unspecified atom stereocenters. The first-order valence-electron chi connectivity index (χ1n) is 8.23. The predicted octanol–water partition coefficient (Wildman–Crippen LogP) is 4.69. The molecule has 150 valence electrons. The minimum absolute atomic E-state index is 0.142. The Kier molecular flexibility index (Phi) is 6.07. The van der Waals surface area contributed by atoms with Gasteiger partial charge in [-0.3, -0.25) is 4.55 Å². The number of hydrogen-bond acceptors (Lipinski definition) is 4. The average molecular weight is 434 g/mol. The third-order valence-corrected chi connectivity index (χ3v) is 5.12. The summed E-state index contributed by atoms with van der Waals surface area (Å²) >= 11 is 3.61. The van der Waals surface area contributed by atoms with Crippen molar-refractivity contribution < 1.29 is 28.5 Å². The van der Waals surface area contributed by atoms with Gasteiger partial charge in [-0.2, -0.15) is 0 Å². The smallest absolute Gasteiger partial charge is 0.339 e. The summed E-state index contributed by atoms with van der Waals surface area (Å²) in [5, 5.41) is 19.5. The molecule has 0 saturated heterocycles. The SMILES string of the molecule is COc1ccc(Cl)cc1-c1cccc(N(c2ccc(C(=O)O)c(O)c2)S(=O)O)c1. The molecule has 3 rings (SSSR count). The molecule has 3 N–H and O–H groups in total. The summed E-state index contributed by atoms with van der Waals surface area (Å²) in [5.74, 6) is -1.24. The van der Waals surface area contributed by atoms with Gasteiger partial charge in [-0.05, 0) is 48.0 Å². The van der Waals surface area contributed by atoms with Gasteiger partial charge in [0.05, 0.1) is 18.5 Å². The molecule has 0 amide bonds. The van der Waals surface area contributed by atoms with Crippen molar-refractivity contribution in [3.8, 4) is 22.6 Å². The van der Waals surface area contributed by atoms with Crippen LogP contribution in [-0.4, -0.2) is 32.1 Å². The maximum absolute atomic E-state index is 12.0. The van der Waals surface area contributed by atoms with E-state index in [9.17, 15) is 18.7 Å². The summed E-state index contributed by atoms with van der Waals surface area (Å²) in [6.45, 7) is 0. The van der Waals surface area contributed by atoms with Gasteiger partial charge in [-0.1, -0.05) is 23.7 Å². The van der Waals surface area contributed by atoms with Crippen molar-refractivity contribution >= 4 is 40.2 Å². The Morgan fingerprint density at radius 3 is 2.41 bits per heavy atom. The summed E-state index contributed by atoms with van der Waals surface area (Å²) in [4.78, 5) is 11.1. The van der Waals surface area contributed by atoms with Crippen molar-refractivity contribution in [1.82, 2.24) is 0 Å². The van der Waals surface area contributed by atoms with Crippen LogP contribution in [0, 0.1) is 0 Å². The van der Waals surface area contributed by atoms with E-state index in [1.54, 1.807) is 42.5 Å². The number of aromatic hydroxyl groups is 1. The van der Waals surface area contributed by atoms with Crippen LogP contribution in [0.15, 0.2) is 60.7 Å². The van der Waals surface area contributed by atoms with Gasteiger partial charge in [-0.25, -0.2) is 13.3 Å². The molecule has 3 aromatic carbocycles. The van der Waals surface area contributed by atoms with Gasteiger partial charge in [0.1, 0.15) is 17.1 Å². The zero-order valence-corrected chi connectivity index (χ0v) is 16.6. The van der Waals surface area contributed by atoms with E-state index in [1.165, 1.54) is 13.2 Å². The van der Waals surface area contributed by atoms with E-state index in [-0.39, 0.29) is 11.3 Å². The Morgan fingerprint density at radius 2 is 1.79 bits per heavy atom. The highest BCUT2D eigenvalue weighted by Gasteiger charge is 2.19. The predicted molar refractivity (Wildman–Crippen MR) is 111 cm³/mol. The highest BCUT2D eigenvalue weighted by molar-refractivity contribution is 7.81. The van der Waals surface area contributed by atoms with E-state index in [1.807, 2.05) is 0 Å². The summed E-state index contributed by atoms with van der Waals surface area (Å²) in [6, 6.07) is 15.5. The first kappa shape index (κ1) is 20.7. The first-order valence-corrected chi connectivity index (χ1v) is 9.67. The monoisotopic (exact) mass is 433 g/mol. The minimum atomic E-state index is -2.49. The lowest BCUT2D eigenvalue weighted by atomic mass is 10.0. The zero-order chi connectivity index (χ0) is 21.1. The van der Waals surface area contributed by atoms with Gasteiger partial charge >= 0.3 is 5.97 Å². The molecule has 0 aromatic heterocycles. The molecule has 0 bridgehead atoms. The molecule has 29 heavy (non-hydrogen) atoms. The van der Waals surface area contributed by atoms with E-state index in [4.69, 9.17) is 21.4 Å². The van der Waals surface area contributed by atoms with Crippen LogP contribution in [0.3, 0.4) is 0 Å². The van der Waals surface area contributed by atoms with Crippen molar-refractivity contribution in [2.45, 2.75) is 0 Å². The molecule has 0 fully saturated rings. The molecule has 0 spiro atoms. The third-order valence-electron chi connectivity index (χ3n) is 4.16. The number of anilines is 2.